The van der Waals surface area contributed by atoms with Gasteiger partial charge in [-0.1, -0.05) is 44.4 Å². The summed E-state index contributed by atoms with van der Waals surface area (Å²) < 4.78 is 10.2. The summed E-state index contributed by atoms with van der Waals surface area (Å²) in [5.74, 6) is -3.00. The predicted octanol–water partition coefficient (Wildman–Crippen LogP) is 2.68. The fraction of sp³-hybridized carbons (Fsp3) is 0.607. The molecule has 1 aromatic rings. The second-order valence-electron chi connectivity index (χ2n) is 10.3. The van der Waals surface area contributed by atoms with E-state index < -0.39 is 53.9 Å². The molecule has 0 saturated carbocycles. The number of phenols is 1. The summed E-state index contributed by atoms with van der Waals surface area (Å²) >= 11 is 0. The largest absolute Gasteiger partial charge is 0.508 e. The number of nitrogens with two attached hydrogens (primary N) is 1. The third-order valence-electron chi connectivity index (χ3n) is 5.66. The monoisotopic (exact) mass is 564 g/mol. The van der Waals surface area contributed by atoms with Gasteiger partial charge >= 0.3 is 12.1 Å². The number of nitrogens with one attached hydrogen (secondary N) is 2. The maximum atomic E-state index is 14.0. The zero-order valence-electron chi connectivity index (χ0n) is 24.2. The minimum Gasteiger partial charge on any atom is -0.508 e. The number of hydrogen-bond donors (Lipinski definition) is 4. The first-order valence-corrected chi connectivity index (χ1v) is 13.6. The minimum atomic E-state index is -1.43. The van der Waals surface area contributed by atoms with E-state index in [1.54, 1.807) is 39.8 Å². The quantitative estimate of drug-likeness (QED) is 0.175. The number of ether oxygens (including phenoxy) is 2. The van der Waals surface area contributed by atoms with E-state index in [2.05, 4.69) is 10.6 Å². The van der Waals surface area contributed by atoms with E-state index in [-0.39, 0.29) is 37.4 Å². The van der Waals surface area contributed by atoms with Crippen molar-refractivity contribution in [1.29, 1.82) is 0 Å². The Morgan fingerprint density at radius 1 is 1.05 bits per heavy atom. The van der Waals surface area contributed by atoms with Crippen LogP contribution >= 0.6 is 0 Å². The molecule has 0 aliphatic carbocycles. The van der Waals surface area contributed by atoms with Crippen LogP contribution in [0, 0.1) is 0 Å². The number of carbonyl (C=O) groups excluding carboxylic acids is 5. The summed E-state index contributed by atoms with van der Waals surface area (Å²) in [4.78, 5) is 64.9. The summed E-state index contributed by atoms with van der Waals surface area (Å²) in [5.41, 5.74) is 4.66. The van der Waals surface area contributed by atoms with Crippen molar-refractivity contribution in [3.05, 3.63) is 29.8 Å². The minimum absolute atomic E-state index is 0.0689. The molecule has 5 N–H and O–H groups in total. The number of alkyl carbamates (subject to hydrolysis) is 1. The highest BCUT2D eigenvalue weighted by Crippen LogP contribution is 2.30. The van der Waals surface area contributed by atoms with Gasteiger partial charge in [0.2, 0.25) is 17.7 Å². The molecule has 2 unspecified atom stereocenters. The molecule has 1 rings (SSSR count). The number of hydrogen-bond acceptors (Lipinski definition) is 8. The number of primary amides is 1. The molecular formula is C28H44N4O8. The van der Waals surface area contributed by atoms with Crippen LogP contribution in [-0.2, 0) is 28.7 Å². The Morgan fingerprint density at radius 2 is 1.73 bits per heavy atom. The third kappa shape index (κ3) is 12.4. The molecule has 12 nitrogen and oxygen atoms in total. The van der Waals surface area contributed by atoms with Gasteiger partial charge in [0.05, 0.1) is 19.4 Å². The number of para-hydroxylation sites is 1. The van der Waals surface area contributed by atoms with Crippen LogP contribution in [0.1, 0.15) is 84.7 Å². The maximum absolute atomic E-state index is 14.0. The van der Waals surface area contributed by atoms with Crippen LogP contribution in [0.2, 0.25) is 0 Å². The molecule has 1 aromatic carbocycles. The summed E-state index contributed by atoms with van der Waals surface area (Å²) in [6, 6.07) is 3.29. The zero-order valence-corrected chi connectivity index (χ0v) is 24.2. The van der Waals surface area contributed by atoms with Gasteiger partial charge < -0.3 is 35.8 Å². The summed E-state index contributed by atoms with van der Waals surface area (Å²) in [7, 11) is 0. The summed E-state index contributed by atoms with van der Waals surface area (Å²) in [5, 5.41) is 15.7. The van der Waals surface area contributed by atoms with Crippen molar-refractivity contribution in [3.8, 4) is 5.75 Å². The second kappa shape index (κ2) is 17.0. The second-order valence-corrected chi connectivity index (χ2v) is 10.3. The number of carbonyl (C=O) groups is 5. The number of rotatable bonds is 16. The van der Waals surface area contributed by atoms with Crippen molar-refractivity contribution >= 4 is 29.8 Å². The van der Waals surface area contributed by atoms with Crippen molar-refractivity contribution in [2.75, 3.05) is 19.7 Å². The highest BCUT2D eigenvalue weighted by atomic mass is 16.6. The number of esters is 1. The molecule has 12 heteroatoms. The standard InChI is InChI=1S/C28H44N4O8/c1-6-8-9-12-17-32(26(37)20(18-22(29)34)31-27(38)40-28(3,4)5)24(19-13-10-11-14-21(19)33)25(36)30-16-15-23(35)39-7-2/h10-11,13-14,20,24,33H,6-9,12,15-18H2,1-5H3,(H2,29,34)(H,30,36)(H,31,38). The van der Waals surface area contributed by atoms with Gasteiger partial charge in [-0.2, -0.15) is 0 Å². The molecule has 0 saturated heterocycles. The van der Waals surface area contributed by atoms with Crippen LogP contribution in [0.25, 0.3) is 0 Å². The highest BCUT2D eigenvalue weighted by Gasteiger charge is 2.37. The van der Waals surface area contributed by atoms with E-state index in [1.165, 1.54) is 17.0 Å². The van der Waals surface area contributed by atoms with Gasteiger partial charge in [-0.15, -0.1) is 0 Å². The van der Waals surface area contributed by atoms with E-state index in [4.69, 9.17) is 15.2 Å². The van der Waals surface area contributed by atoms with Crippen molar-refractivity contribution in [1.82, 2.24) is 15.5 Å². The zero-order chi connectivity index (χ0) is 30.3. The first-order valence-electron chi connectivity index (χ1n) is 13.6. The maximum Gasteiger partial charge on any atom is 0.408 e. The van der Waals surface area contributed by atoms with Gasteiger partial charge in [0.15, 0.2) is 0 Å². The van der Waals surface area contributed by atoms with Gasteiger partial charge in [-0.25, -0.2) is 4.79 Å². The molecule has 0 aliphatic rings. The van der Waals surface area contributed by atoms with Crippen molar-refractivity contribution in [3.63, 3.8) is 0 Å². The lowest BCUT2D eigenvalue weighted by Crippen LogP contribution is -2.54. The SMILES string of the molecule is CCCCCCN(C(=O)C(CC(N)=O)NC(=O)OC(C)(C)C)C(C(=O)NCCC(=O)OCC)c1ccccc1O. The molecule has 224 valence electrons. The van der Waals surface area contributed by atoms with E-state index in [1.807, 2.05) is 6.92 Å². The van der Waals surface area contributed by atoms with Gasteiger partial charge in [0.25, 0.3) is 0 Å². The van der Waals surface area contributed by atoms with Gasteiger partial charge in [0, 0.05) is 18.7 Å². The van der Waals surface area contributed by atoms with Gasteiger partial charge in [0.1, 0.15) is 23.4 Å². The number of benzene rings is 1. The lowest BCUT2D eigenvalue weighted by molar-refractivity contribution is -0.144. The molecule has 0 aromatic heterocycles. The molecule has 0 fully saturated rings. The molecule has 0 spiro atoms. The van der Waals surface area contributed by atoms with Crippen LogP contribution in [0.5, 0.6) is 5.75 Å². The van der Waals surface area contributed by atoms with Crippen LogP contribution in [0.15, 0.2) is 24.3 Å². The number of unbranched alkanes of at least 4 members (excludes halogenated alkanes) is 3. The van der Waals surface area contributed by atoms with E-state index >= 15 is 0 Å². The van der Waals surface area contributed by atoms with Crippen LogP contribution in [0.3, 0.4) is 0 Å². The Hall–Kier alpha value is -3.83. The van der Waals surface area contributed by atoms with Crippen molar-refractivity contribution in [2.45, 2.75) is 90.8 Å². The van der Waals surface area contributed by atoms with Crippen molar-refractivity contribution in [2.24, 2.45) is 5.73 Å². The average molecular weight is 565 g/mol. The molecule has 0 heterocycles. The van der Waals surface area contributed by atoms with E-state index in [9.17, 15) is 29.1 Å². The molecule has 0 aliphatic heterocycles. The number of amides is 4. The Morgan fingerprint density at radius 3 is 2.30 bits per heavy atom. The smallest absolute Gasteiger partial charge is 0.408 e. The Labute approximate surface area is 235 Å². The lowest BCUT2D eigenvalue weighted by atomic mass is 10.00. The fourth-order valence-corrected chi connectivity index (χ4v) is 3.91. The topological polar surface area (TPSA) is 177 Å². The van der Waals surface area contributed by atoms with Crippen LogP contribution in [0.4, 0.5) is 4.79 Å². The molecule has 0 bridgehead atoms. The summed E-state index contributed by atoms with van der Waals surface area (Å²) in [6.45, 7) is 8.83. The van der Waals surface area contributed by atoms with Crippen LogP contribution in [-0.4, -0.2) is 71.1 Å². The van der Waals surface area contributed by atoms with E-state index in [0.29, 0.717) is 6.42 Å². The summed E-state index contributed by atoms with van der Waals surface area (Å²) in [6.07, 6.45) is 1.50. The Bertz CT molecular complexity index is 1010. The van der Waals surface area contributed by atoms with Crippen molar-refractivity contribution < 1.29 is 38.6 Å². The third-order valence-corrected chi connectivity index (χ3v) is 5.66. The molecule has 0 radical (unpaired) electrons. The van der Waals surface area contributed by atoms with Gasteiger partial charge in [-0.05, 0) is 40.2 Å². The van der Waals surface area contributed by atoms with E-state index in [0.717, 1.165) is 19.3 Å². The average Bonchev–Trinajstić information content (AvgIpc) is 2.84. The lowest BCUT2D eigenvalue weighted by Gasteiger charge is -2.34. The first kappa shape index (κ1) is 34.2. The Kier molecular flexibility index (Phi) is 14.5. The van der Waals surface area contributed by atoms with Crippen LogP contribution < -0.4 is 16.4 Å². The number of aromatic hydroxyl groups is 1. The molecule has 40 heavy (non-hydrogen) atoms. The Balaban J connectivity index is 3.46. The molecule has 4 amide bonds. The van der Waals surface area contributed by atoms with Gasteiger partial charge in [-0.3, -0.25) is 19.2 Å². The predicted molar refractivity (Wildman–Crippen MR) is 148 cm³/mol. The highest BCUT2D eigenvalue weighted by molar-refractivity contribution is 5.94. The number of phenolic OH excluding ortho intramolecular Hbond substituents is 1. The normalized spacial score (nSPS) is 12.5. The molecule has 2 atom stereocenters. The first-order chi connectivity index (χ1) is 18.8. The number of nitrogens with zero attached hydrogens (tertiary/aromatic N) is 1. The fourth-order valence-electron chi connectivity index (χ4n) is 3.91. The molecular weight excluding hydrogens is 520 g/mol.